The molecule has 3 nitrogen and oxygen atoms in total. The Kier molecular flexibility index (Phi) is 5.09. The number of aliphatic hydroxyl groups is 1. The summed E-state index contributed by atoms with van der Waals surface area (Å²) in [4.78, 5) is 4.29. The Morgan fingerprint density at radius 3 is 2.61 bits per heavy atom. The molecule has 0 fully saturated rings. The van der Waals surface area contributed by atoms with Crippen LogP contribution in [0.25, 0.3) is 22.2 Å². The third-order valence-electron chi connectivity index (χ3n) is 4.48. The van der Waals surface area contributed by atoms with E-state index in [1.165, 1.54) is 27.7 Å². The molecular formula is C20H24N2O. The summed E-state index contributed by atoms with van der Waals surface area (Å²) >= 11 is 0. The third-order valence-corrected chi connectivity index (χ3v) is 4.48. The molecule has 0 saturated heterocycles. The van der Waals surface area contributed by atoms with Crippen molar-refractivity contribution < 1.29 is 5.11 Å². The number of pyridine rings is 1. The maximum atomic E-state index is 8.91. The molecule has 2 heterocycles. The predicted molar refractivity (Wildman–Crippen MR) is 95.4 cm³/mol. The fourth-order valence-electron chi connectivity index (χ4n) is 3.36. The number of hydrogen-bond acceptors (Lipinski definition) is 2. The second-order valence-corrected chi connectivity index (χ2v) is 6.03. The summed E-state index contributed by atoms with van der Waals surface area (Å²) in [7, 11) is 2.14. The van der Waals surface area contributed by atoms with E-state index in [1.54, 1.807) is 0 Å². The summed E-state index contributed by atoms with van der Waals surface area (Å²) in [5.74, 6) is 0. The van der Waals surface area contributed by atoms with Crippen molar-refractivity contribution in [3.05, 3.63) is 54.4 Å². The molecule has 0 bridgehead atoms. The van der Waals surface area contributed by atoms with E-state index in [0.717, 1.165) is 32.1 Å². The van der Waals surface area contributed by atoms with Gasteiger partial charge in [-0.05, 0) is 43.0 Å². The molecule has 120 valence electrons. The van der Waals surface area contributed by atoms with Crippen molar-refractivity contribution in [1.82, 2.24) is 9.55 Å². The Bertz CT molecular complexity index is 762. The van der Waals surface area contributed by atoms with Crippen LogP contribution in [0.15, 0.2) is 48.8 Å². The molecule has 0 unspecified atom stereocenters. The molecule has 2 aromatic heterocycles. The smallest absolute Gasteiger partial charge is 0.0536 e. The lowest BCUT2D eigenvalue weighted by Crippen LogP contribution is -1.95. The van der Waals surface area contributed by atoms with Crippen molar-refractivity contribution in [3.8, 4) is 11.3 Å². The van der Waals surface area contributed by atoms with Gasteiger partial charge in [0.1, 0.15) is 0 Å². The van der Waals surface area contributed by atoms with Crippen LogP contribution < -0.4 is 0 Å². The summed E-state index contributed by atoms with van der Waals surface area (Å²) in [6, 6.07) is 12.8. The molecule has 1 aromatic carbocycles. The van der Waals surface area contributed by atoms with Gasteiger partial charge in [0.15, 0.2) is 0 Å². The highest BCUT2D eigenvalue weighted by Crippen LogP contribution is 2.33. The molecular weight excluding hydrogens is 284 g/mol. The first kappa shape index (κ1) is 15.8. The van der Waals surface area contributed by atoms with E-state index in [4.69, 9.17) is 5.11 Å². The molecule has 0 atom stereocenters. The lowest BCUT2D eigenvalue weighted by Gasteiger charge is -2.08. The van der Waals surface area contributed by atoms with E-state index in [-0.39, 0.29) is 0 Å². The number of fused-ring (bicyclic) bond motifs is 1. The highest BCUT2D eigenvalue weighted by atomic mass is 16.2. The zero-order valence-electron chi connectivity index (χ0n) is 13.7. The number of aliphatic hydroxyl groups excluding tert-OH is 1. The molecule has 0 radical (unpaired) electrons. The fourth-order valence-corrected chi connectivity index (χ4v) is 3.36. The van der Waals surface area contributed by atoms with Gasteiger partial charge in [0.2, 0.25) is 0 Å². The van der Waals surface area contributed by atoms with Crippen molar-refractivity contribution in [2.75, 3.05) is 6.61 Å². The lowest BCUT2D eigenvalue weighted by molar-refractivity contribution is 0.282. The third kappa shape index (κ3) is 3.30. The van der Waals surface area contributed by atoms with Crippen LogP contribution in [0.3, 0.4) is 0 Å². The molecule has 23 heavy (non-hydrogen) atoms. The van der Waals surface area contributed by atoms with Crippen LogP contribution in [0.1, 0.15) is 31.2 Å². The second-order valence-electron chi connectivity index (χ2n) is 6.03. The van der Waals surface area contributed by atoms with Crippen LogP contribution in [-0.2, 0) is 13.5 Å². The number of benzene rings is 1. The SMILES string of the molecule is Cn1c(-c2cccnc2)c(CCCCCCO)c2ccccc21. The Balaban J connectivity index is 1.97. The van der Waals surface area contributed by atoms with Crippen LogP contribution in [0.2, 0.25) is 0 Å². The predicted octanol–water partition coefficient (Wildman–Crippen LogP) is 4.34. The number of aromatic nitrogens is 2. The zero-order valence-corrected chi connectivity index (χ0v) is 13.7. The van der Waals surface area contributed by atoms with Gasteiger partial charge in [0, 0.05) is 42.5 Å². The van der Waals surface area contributed by atoms with Crippen LogP contribution in [0.5, 0.6) is 0 Å². The number of para-hydroxylation sites is 1. The van der Waals surface area contributed by atoms with Gasteiger partial charge in [-0.15, -0.1) is 0 Å². The van der Waals surface area contributed by atoms with E-state index >= 15 is 0 Å². The standard InChI is InChI=1S/C20H24N2O/c1-22-19-12-6-5-10-17(19)18(11-4-2-3-7-14-23)20(22)16-9-8-13-21-15-16/h5-6,8-10,12-13,15,23H,2-4,7,11,14H2,1H3. The van der Waals surface area contributed by atoms with Gasteiger partial charge in [-0.2, -0.15) is 0 Å². The van der Waals surface area contributed by atoms with Gasteiger partial charge < -0.3 is 9.67 Å². The maximum absolute atomic E-state index is 8.91. The van der Waals surface area contributed by atoms with E-state index < -0.39 is 0 Å². The molecule has 0 aliphatic carbocycles. The van der Waals surface area contributed by atoms with E-state index in [0.29, 0.717) is 6.61 Å². The van der Waals surface area contributed by atoms with E-state index in [1.807, 2.05) is 18.5 Å². The second kappa shape index (κ2) is 7.42. The first-order valence-corrected chi connectivity index (χ1v) is 8.40. The van der Waals surface area contributed by atoms with Gasteiger partial charge in [-0.1, -0.05) is 31.0 Å². The van der Waals surface area contributed by atoms with Gasteiger partial charge in [-0.25, -0.2) is 0 Å². The number of hydrogen-bond donors (Lipinski definition) is 1. The Hall–Kier alpha value is -2.13. The molecule has 3 aromatic rings. The van der Waals surface area contributed by atoms with Crippen molar-refractivity contribution in [2.45, 2.75) is 32.1 Å². The van der Waals surface area contributed by atoms with E-state index in [9.17, 15) is 0 Å². The summed E-state index contributed by atoms with van der Waals surface area (Å²) < 4.78 is 2.29. The largest absolute Gasteiger partial charge is 0.396 e. The van der Waals surface area contributed by atoms with Crippen LogP contribution >= 0.6 is 0 Å². The van der Waals surface area contributed by atoms with Crippen molar-refractivity contribution >= 4 is 10.9 Å². The van der Waals surface area contributed by atoms with Gasteiger partial charge in [-0.3, -0.25) is 4.98 Å². The highest BCUT2D eigenvalue weighted by molar-refractivity contribution is 5.91. The summed E-state index contributed by atoms with van der Waals surface area (Å²) in [5.41, 5.74) is 5.15. The van der Waals surface area contributed by atoms with E-state index in [2.05, 4.69) is 46.9 Å². The average molecular weight is 308 g/mol. The average Bonchev–Trinajstić information content (AvgIpc) is 2.88. The quantitative estimate of drug-likeness (QED) is 0.660. The summed E-state index contributed by atoms with van der Waals surface area (Å²) in [5, 5.41) is 10.3. The number of unbranched alkanes of at least 4 members (excludes halogenated alkanes) is 3. The summed E-state index contributed by atoms with van der Waals surface area (Å²) in [6.45, 7) is 0.301. The monoisotopic (exact) mass is 308 g/mol. The molecule has 0 aliphatic heterocycles. The van der Waals surface area contributed by atoms with Crippen molar-refractivity contribution in [2.24, 2.45) is 7.05 Å². The van der Waals surface area contributed by atoms with Crippen LogP contribution in [0.4, 0.5) is 0 Å². The van der Waals surface area contributed by atoms with Gasteiger partial charge in [0.05, 0.1) is 5.69 Å². The Morgan fingerprint density at radius 1 is 1.00 bits per heavy atom. The molecule has 0 saturated carbocycles. The zero-order chi connectivity index (χ0) is 16.1. The number of rotatable bonds is 7. The minimum absolute atomic E-state index is 0.301. The lowest BCUT2D eigenvalue weighted by atomic mass is 10.0. The minimum Gasteiger partial charge on any atom is -0.396 e. The molecule has 3 heteroatoms. The molecule has 1 N–H and O–H groups in total. The van der Waals surface area contributed by atoms with Gasteiger partial charge in [0.25, 0.3) is 0 Å². The first-order valence-electron chi connectivity index (χ1n) is 8.40. The number of nitrogens with zero attached hydrogens (tertiary/aromatic N) is 2. The van der Waals surface area contributed by atoms with Crippen LogP contribution in [-0.4, -0.2) is 21.3 Å². The molecule has 0 aliphatic rings. The maximum Gasteiger partial charge on any atom is 0.0536 e. The topological polar surface area (TPSA) is 38.0 Å². The Labute approximate surface area is 137 Å². The summed E-state index contributed by atoms with van der Waals surface area (Å²) in [6.07, 6.45) is 9.16. The molecule has 0 spiro atoms. The van der Waals surface area contributed by atoms with Gasteiger partial charge >= 0.3 is 0 Å². The first-order chi connectivity index (χ1) is 11.3. The van der Waals surface area contributed by atoms with Crippen molar-refractivity contribution in [3.63, 3.8) is 0 Å². The Morgan fingerprint density at radius 2 is 1.83 bits per heavy atom. The molecule has 0 amide bonds. The number of aryl methyl sites for hydroxylation is 2. The molecule has 3 rings (SSSR count). The minimum atomic E-state index is 0.301. The highest BCUT2D eigenvalue weighted by Gasteiger charge is 2.15. The fraction of sp³-hybridized carbons (Fsp3) is 0.350. The van der Waals surface area contributed by atoms with Crippen molar-refractivity contribution in [1.29, 1.82) is 0 Å². The normalized spacial score (nSPS) is 11.2. The van der Waals surface area contributed by atoms with Crippen LogP contribution in [0, 0.1) is 0 Å².